The maximum Gasteiger partial charge on any atom is 0.287 e. The van der Waals surface area contributed by atoms with Crippen LogP contribution in [-0.2, 0) is 0 Å². The number of nitrogens with one attached hydrogen (secondary N) is 1. The zero-order valence-corrected chi connectivity index (χ0v) is 9.96. The van der Waals surface area contributed by atoms with Gasteiger partial charge < -0.3 is 0 Å². The maximum absolute atomic E-state index is 10.4. The highest BCUT2D eigenvalue weighted by atomic mass is 16.6. The maximum atomic E-state index is 10.4. The third kappa shape index (κ3) is 4.18. The predicted octanol–water partition coefficient (Wildman–Crippen LogP) is 2.82. The van der Waals surface area contributed by atoms with Crippen molar-refractivity contribution in [1.29, 1.82) is 0 Å². The Labute approximate surface area is 99.9 Å². The molecule has 17 heavy (non-hydrogen) atoms. The van der Waals surface area contributed by atoms with Crippen LogP contribution in [-0.4, -0.2) is 16.1 Å². The second kappa shape index (κ2) is 6.57. The van der Waals surface area contributed by atoms with Gasteiger partial charge in [-0.15, -0.1) is 0 Å². The Kier molecular flexibility index (Phi) is 5.06. The molecule has 0 radical (unpaired) electrons. The molecule has 6 nitrogen and oxygen atoms in total. The summed E-state index contributed by atoms with van der Waals surface area (Å²) >= 11 is 0. The minimum atomic E-state index is -0.482. The molecule has 6 heteroatoms. The number of rotatable bonds is 6. The van der Waals surface area contributed by atoms with Gasteiger partial charge in [-0.2, -0.15) is 5.10 Å². The van der Waals surface area contributed by atoms with Gasteiger partial charge in [-0.3, -0.25) is 15.5 Å². The number of hydrogen-bond acceptors (Lipinski definition) is 5. The Balaban J connectivity index is 2.55. The fourth-order valence-electron chi connectivity index (χ4n) is 1.27. The lowest BCUT2D eigenvalue weighted by Crippen LogP contribution is -2.01. The van der Waals surface area contributed by atoms with Gasteiger partial charge >= 0.3 is 0 Å². The molecule has 0 aromatic carbocycles. The quantitative estimate of drug-likeness (QED) is 0.468. The molecule has 0 unspecified atom stereocenters. The van der Waals surface area contributed by atoms with Gasteiger partial charge in [0.25, 0.3) is 5.69 Å². The van der Waals surface area contributed by atoms with Crippen LogP contribution < -0.4 is 5.43 Å². The second-order valence-corrected chi connectivity index (χ2v) is 3.63. The first-order valence-corrected chi connectivity index (χ1v) is 5.57. The van der Waals surface area contributed by atoms with E-state index in [-0.39, 0.29) is 5.69 Å². The highest BCUT2D eigenvalue weighted by Gasteiger charge is 2.04. The average molecular weight is 236 g/mol. The normalized spacial score (nSPS) is 11.0. The van der Waals surface area contributed by atoms with E-state index in [4.69, 9.17) is 0 Å². The largest absolute Gasteiger partial charge is 0.287 e. The molecule has 0 aliphatic heterocycles. The first-order valence-electron chi connectivity index (χ1n) is 5.57. The van der Waals surface area contributed by atoms with Crippen LogP contribution in [0.5, 0.6) is 0 Å². The van der Waals surface area contributed by atoms with Gasteiger partial charge in [0.05, 0.1) is 4.92 Å². The summed E-state index contributed by atoms with van der Waals surface area (Å²) < 4.78 is 0. The minimum absolute atomic E-state index is 0.0282. The van der Waals surface area contributed by atoms with Crippen LogP contribution in [0.2, 0.25) is 0 Å². The number of aromatic nitrogens is 1. The van der Waals surface area contributed by atoms with Crippen LogP contribution in [0.3, 0.4) is 0 Å². The van der Waals surface area contributed by atoms with Crippen LogP contribution in [0, 0.1) is 16.0 Å². The Morgan fingerprint density at radius 3 is 2.71 bits per heavy atom. The molecule has 0 saturated carbocycles. The van der Waals surface area contributed by atoms with Crippen LogP contribution in [0.4, 0.5) is 11.5 Å². The Bertz CT molecular complexity index is 385. The molecule has 0 saturated heterocycles. The van der Waals surface area contributed by atoms with E-state index in [0.717, 1.165) is 12.8 Å². The fourth-order valence-corrected chi connectivity index (χ4v) is 1.27. The molecule has 0 atom stereocenters. The van der Waals surface area contributed by atoms with Crippen molar-refractivity contribution >= 4 is 17.7 Å². The molecule has 1 aromatic rings. The molecule has 0 bridgehead atoms. The zero-order chi connectivity index (χ0) is 12.7. The number of nitrogens with zero attached hydrogens (tertiary/aromatic N) is 3. The molecule has 0 amide bonds. The van der Waals surface area contributed by atoms with Crippen molar-refractivity contribution in [2.24, 2.45) is 11.0 Å². The van der Waals surface area contributed by atoms with E-state index in [9.17, 15) is 10.1 Å². The van der Waals surface area contributed by atoms with Gasteiger partial charge in [-0.1, -0.05) is 13.8 Å². The third-order valence-electron chi connectivity index (χ3n) is 2.47. The number of hydrazone groups is 1. The summed E-state index contributed by atoms with van der Waals surface area (Å²) in [6.45, 7) is 4.20. The summed E-state index contributed by atoms with van der Waals surface area (Å²) in [7, 11) is 0. The molecule has 92 valence electrons. The van der Waals surface area contributed by atoms with Crippen molar-refractivity contribution in [2.75, 3.05) is 5.43 Å². The van der Waals surface area contributed by atoms with Crippen molar-refractivity contribution in [3.63, 3.8) is 0 Å². The molecular weight excluding hydrogens is 220 g/mol. The van der Waals surface area contributed by atoms with Crippen LogP contribution in [0.15, 0.2) is 23.4 Å². The van der Waals surface area contributed by atoms with Crippen molar-refractivity contribution in [2.45, 2.75) is 26.7 Å². The van der Waals surface area contributed by atoms with Crippen molar-refractivity contribution in [3.05, 3.63) is 28.4 Å². The van der Waals surface area contributed by atoms with Gasteiger partial charge in [0.1, 0.15) is 12.0 Å². The van der Waals surface area contributed by atoms with Crippen LogP contribution in [0.25, 0.3) is 0 Å². The fraction of sp³-hybridized carbons (Fsp3) is 0.455. The van der Waals surface area contributed by atoms with Gasteiger partial charge in [-0.25, -0.2) is 4.98 Å². The molecule has 0 fully saturated rings. The smallest absolute Gasteiger partial charge is 0.262 e. The number of hydrogen-bond donors (Lipinski definition) is 1. The van der Waals surface area contributed by atoms with Crippen LogP contribution >= 0.6 is 0 Å². The van der Waals surface area contributed by atoms with Crippen LogP contribution in [0.1, 0.15) is 26.7 Å². The van der Waals surface area contributed by atoms with Gasteiger partial charge in [0.15, 0.2) is 0 Å². The lowest BCUT2D eigenvalue weighted by molar-refractivity contribution is -0.385. The second-order valence-electron chi connectivity index (χ2n) is 3.63. The first kappa shape index (κ1) is 13.1. The highest BCUT2D eigenvalue weighted by Crippen LogP contribution is 2.11. The summed E-state index contributed by atoms with van der Waals surface area (Å²) in [4.78, 5) is 13.8. The summed E-state index contributed by atoms with van der Waals surface area (Å²) in [5, 5.41) is 14.5. The Hall–Kier alpha value is -1.98. The average Bonchev–Trinajstić information content (AvgIpc) is 2.35. The summed E-state index contributed by atoms with van der Waals surface area (Å²) in [6.07, 6.45) is 5.11. The standard InChI is InChI=1S/C11H16N4O2/c1-3-9(4-2)7-13-14-11-6-5-10(8-12-11)15(16)17/h5-9H,3-4H2,1-2H3,(H,12,14)/b13-7+. The van der Waals surface area contributed by atoms with Gasteiger partial charge in [0, 0.05) is 12.3 Å². The molecule has 1 N–H and O–H groups in total. The lowest BCUT2D eigenvalue weighted by Gasteiger charge is -2.04. The number of nitro groups is 1. The highest BCUT2D eigenvalue weighted by molar-refractivity contribution is 5.61. The minimum Gasteiger partial charge on any atom is -0.262 e. The Morgan fingerprint density at radius 2 is 2.24 bits per heavy atom. The molecule has 0 aliphatic rings. The molecule has 0 aliphatic carbocycles. The van der Waals surface area contributed by atoms with Crippen molar-refractivity contribution < 1.29 is 4.92 Å². The topological polar surface area (TPSA) is 80.4 Å². The number of anilines is 1. The van der Waals surface area contributed by atoms with E-state index in [1.165, 1.54) is 18.3 Å². The van der Waals surface area contributed by atoms with Gasteiger partial charge in [-0.05, 0) is 24.8 Å². The first-order chi connectivity index (χ1) is 8.17. The zero-order valence-electron chi connectivity index (χ0n) is 9.96. The van der Waals surface area contributed by atoms with E-state index in [1.807, 2.05) is 6.21 Å². The molecule has 1 heterocycles. The summed E-state index contributed by atoms with van der Waals surface area (Å²) in [5.74, 6) is 0.943. The molecule has 0 spiro atoms. The SMILES string of the molecule is CCC(/C=N/Nc1ccc([N+](=O)[O-])cn1)CC. The van der Waals surface area contributed by atoms with Gasteiger partial charge in [0.2, 0.25) is 0 Å². The lowest BCUT2D eigenvalue weighted by atomic mass is 10.1. The molecule has 1 rings (SSSR count). The molecular formula is C11H16N4O2. The monoisotopic (exact) mass is 236 g/mol. The van der Waals surface area contributed by atoms with E-state index in [2.05, 4.69) is 29.4 Å². The van der Waals surface area contributed by atoms with E-state index in [1.54, 1.807) is 0 Å². The van der Waals surface area contributed by atoms with Crippen molar-refractivity contribution in [3.8, 4) is 0 Å². The van der Waals surface area contributed by atoms with Crippen molar-refractivity contribution in [1.82, 2.24) is 4.98 Å². The Morgan fingerprint density at radius 1 is 1.53 bits per heavy atom. The third-order valence-corrected chi connectivity index (χ3v) is 2.47. The number of pyridine rings is 1. The van der Waals surface area contributed by atoms with E-state index in [0.29, 0.717) is 11.7 Å². The van der Waals surface area contributed by atoms with E-state index < -0.39 is 4.92 Å². The summed E-state index contributed by atoms with van der Waals surface area (Å²) in [5.41, 5.74) is 2.72. The predicted molar refractivity (Wildman–Crippen MR) is 67.1 cm³/mol. The summed E-state index contributed by atoms with van der Waals surface area (Å²) in [6, 6.07) is 2.92. The van der Waals surface area contributed by atoms with E-state index >= 15 is 0 Å². The molecule has 1 aromatic heterocycles.